The van der Waals surface area contributed by atoms with Crippen LogP contribution < -0.4 is 0 Å². The van der Waals surface area contributed by atoms with E-state index in [9.17, 15) is 4.79 Å². The summed E-state index contributed by atoms with van der Waals surface area (Å²) in [5.41, 5.74) is -0.558. The monoisotopic (exact) mass is 400 g/mol. The summed E-state index contributed by atoms with van der Waals surface area (Å²) in [6, 6.07) is 0. The minimum Gasteiger partial charge on any atom is -0.480 e. The van der Waals surface area contributed by atoms with Gasteiger partial charge >= 0.3 is 5.97 Å². The average Bonchev–Trinajstić information content (AvgIpc) is 2.45. The lowest BCUT2D eigenvalue weighted by molar-refractivity contribution is -0.138. The summed E-state index contributed by atoms with van der Waals surface area (Å²) in [5, 5.41) is 9.08. The number of hydrogen-bond acceptors (Lipinski definition) is 1. The predicted octanol–water partition coefficient (Wildman–Crippen LogP) is 3.99. The van der Waals surface area contributed by atoms with Crippen LogP contribution in [0.15, 0.2) is 0 Å². The van der Waals surface area contributed by atoms with Gasteiger partial charge in [-0.15, -0.1) is 11.6 Å². The van der Waals surface area contributed by atoms with E-state index in [1.807, 2.05) is 0 Å². The van der Waals surface area contributed by atoms with Gasteiger partial charge in [0.05, 0.1) is 4.83 Å². The molecule has 1 fully saturated rings. The molecule has 1 saturated carbocycles. The minimum absolute atomic E-state index is 0.349. The average molecular weight is 403 g/mol. The van der Waals surface area contributed by atoms with E-state index in [2.05, 4.69) is 31.9 Å². The quantitative estimate of drug-likeness (QED) is 0.724. The van der Waals surface area contributed by atoms with Gasteiger partial charge in [-0.05, 0) is 15.9 Å². The van der Waals surface area contributed by atoms with Crippen LogP contribution >= 0.6 is 66.7 Å². The van der Waals surface area contributed by atoms with Gasteiger partial charge in [-0.2, -0.15) is 0 Å². The summed E-state index contributed by atoms with van der Waals surface area (Å²) in [7, 11) is 0. The van der Waals surface area contributed by atoms with Crippen molar-refractivity contribution in [1.29, 1.82) is 0 Å². The molecule has 1 rings (SSSR count). The highest BCUT2D eigenvalue weighted by atomic mass is 79.9. The Morgan fingerprint density at radius 3 is 2.13 bits per heavy atom. The Labute approximate surface area is 120 Å². The van der Waals surface area contributed by atoms with E-state index in [4.69, 9.17) is 39.9 Å². The van der Waals surface area contributed by atoms with E-state index in [-0.39, 0.29) is 5.92 Å². The third-order valence-electron chi connectivity index (χ3n) is 2.98. The van der Waals surface area contributed by atoms with Crippen molar-refractivity contribution in [3.63, 3.8) is 0 Å². The summed E-state index contributed by atoms with van der Waals surface area (Å²) in [4.78, 5) is 9.32. The number of aliphatic carboxylic acids is 1. The first kappa shape index (κ1) is 14.4. The normalized spacial score (nSPS) is 36.1. The lowest BCUT2D eigenvalue weighted by Crippen LogP contribution is -2.28. The van der Waals surface area contributed by atoms with Gasteiger partial charge in [-0.1, -0.05) is 53.0 Å². The Morgan fingerprint density at radius 1 is 1.53 bits per heavy atom. The molecule has 15 heavy (non-hydrogen) atoms. The Hall–Kier alpha value is 1.30. The van der Waals surface area contributed by atoms with Gasteiger partial charge in [0, 0.05) is 11.3 Å². The predicted molar refractivity (Wildman–Crippen MR) is 69.6 cm³/mol. The molecule has 88 valence electrons. The first-order chi connectivity index (χ1) is 6.47. The number of halogens is 5. The number of rotatable bonds is 3. The maximum atomic E-state index is 11.1. The molecule has 0 bridgehead atoms. The Balaban J connectivity index is 2.98. The summed E-state index contributed by atoms with van der Waals surface area (Å²) >= 11 is 24.1. The topological polar surface area (TPSA) is 37.3 Å². The molecule has 2 nitrogen and oxygen atoms in total. The van der Waals surface area contributed by atoms with Crippen molar-refractivity contribution in [3.05, 3.63) is 0 Å². The third-order valence-corrected chi connectivity index (χ3v) is 7.18. The van der Waals surface area contributed by atoms with Crippen molar-refractivity contribution >= 4 is 72.6 Å². The molecule has 7 heteroatoms. The molecular formula is C8H9Br2Cl3O2. The molecule has 0 aromatic carbocycles. The molecule has 0 heterocycles. The van der Waals surface area contributed by atoms with Crippen molar-refractivity contribution < 1.29 is 9.90 Å². The van der Waals surface area contributed by atoms with E-state index in [1.165, 1.54) is 0 Å². The van der Waals surface area contributed by atoms with E-state index in [0.29, 0.717) is 0 Å². The third kappa shape index (κ3) is 2.05. The van der Waals surface area contributed by atoms with Crippen molar-refractivity contribution in [2.45, 2.75) is 26.8 Å². The standard InChI is InChI=1S/C8H9Br2Cl3O2/c1-6(2)3(4(9)8(10,12)13)7(6,11)5(14)15/h3-4H,1-2H3,(H,14,15). The summed E-state index contributed by atoms with van der Waals surface area (Å²) in [6.07, 6.45) is 0. The summed E-state index contributed by atoms with van der Waals surface area (Å²) < 4.78 is -1.24. The fourth-order valence-corrected chi connectivity index (χ4v) is 4.10. The van der Waals surface area contributed by atoms with Crippen LogP contribution in [0, 0.1) is 11.3 Å². The van der Waals surface area contributed by atoms with Crippen LogP contribution in [0.2, 0.25) is 0 Å². The van der Waals surface area contributed by atoms with Crippen LogP contribution in [0.3, 0.4) is 0 Å². The van der Waals surface area contributed by atoms with Gasteiger partial charge in [0.15, 0.2) is 8.12 Å². The largest absolute Gasteiger partial charge is 0.480 e. The lowest BCUT2D eigenvalue weighted by atomic mass is 10.1. The minimum atomic E-state index is -1.32. The van der Waals surface area contributed by atoms with E-state index < -0.39 is 24.3 Å². The van der Waals surface area contributed by atoms with Gasteiger partial charge in [0.1, 0.15) is 0 Å². The number of alkyl halides is 5. The van der Waals surface area contributed by atoms with E-state index >= 15 is 0 Å². The van der Waals surface area contributed by atoms with Crippen LogP contribution in [0.25, 0.3) is 0 Å². The van der Waals surface area contributed by atoms with Crippen molar-refractivity contribution in [2.24, 2.45) is 11.3 Å². The zero-order chi connectivity index (χ0) is 12.2. The molecule has 1 aliphatic rings. The fraction of sp³-hybridized carbons (Fsp3) is 0.875. The fourth-order valence-electron chi connectivity index (χ4n) is 1.91. The Bertz CT molecular complexity index is 303. The van der Waals surface area contributed by atoms with Crippen LogP contribution in [-0.2, 0) is 4.79 Å². The number of carboxylic acids is 1. The molecule has 0 aromatic rings. The highest BCUT2D eigenvalue weighted by Gasteiger charge is 2.78. The molecular weight excluding hydrogens is 394 g/mol. The number of carbonyl (C=O) groups is 1. The molecule has 0 aromatic heterocycles. The van der Waals surface area contributed by atoms with Crippen molar-refractivity contribution in [2.75, 3.05) is 0 Å². The molecule has 0 saturated heterocycles. The van der Waals surface area contributed by atoms with Crippen LogP contribution in [0.4, 0.5) is 0 Å². The molecule has 0 aliphatic heterocycles. The van der Waals surface area contributed by atoms with Crippen LogP contribution in [-0.4, -0.2) is 24.0 Å². The highest BCUT2D eigenvalue weighted by molar-refractivity contribution is 9.13. The molecule has 3 unspecified atom stereocenters. The summed E-state index contributed by atoms with van der Waals surface area (Å²) in [6.45, 7) is 3.55. The lowest BCUT2D eigenvalue weighted by Gasteiger charge is -2.20. The Morgan fingerprint density at radius 2 is 1.93 bits per heavy atom. The first-order valence-corrected chi connectivity index (χ1v) is 6.94. The van der Waals surface area contributed by atoms with Crippen LogP contribution in [0.5, 0.6) is 0 Å². The van der Waals surface area contributed by atoms with Gasteiger partial charge < -0.3 is 5.11 Å². The zero-order valence-corrected chi connectivity index (χ0v) is 13.3. The molecule has 0 spiro atoms. The Kier molecular flexibility index (Phi) is 3.74. The van der Waals surface area contributed by atoms with Gasteiger partial charge in [0.25, 0.3) is 0 Å². The molecule has 3 atom stereocenters. The van der Waals surface area contributed by atoms with Gasteiger partial charge in [0.2, 0.25) is 0 Å². The molecule has 0 radical (unpaired) electrons. The molecule has 1 N–H and O–H groups in total. The van der Waals surface area contributed by atoms with E-state index in [1.54, 1.807) is 13.8 Å². The SMILES string of the molecule is CC1(C)C(C(Br)C(Cl)(Cl)Br)C1(Cl)C(=O)O. The van der Waals surface area contributed by atoms with Gasteiger partial charge in [-0.3, -0.25) is 4.79 Å². The molecule has 1 aliphatic carbocycles. The molecule has 0 amide bonds. The summed E-state index contributed by atoms with van der Waals surface area (Å²) in [5.74, 6) is -1.40. The van der Waals surface area contributed by atoms with Gasteiger partial charge in [-0.25, -0.2) is 0 Å². The zero-order valence-electron chi connectivity index (χ0n) is 7.90. The smallest absolute Gasteiger partial charge is 0.325 e. The first-order valence-electron chi connectivity index (χ1n) is 4.10. The second-order valence-corrected chi connectivity index (χ2v) is 9.29. The van der Waals surface area contributed by atoms with Crippen molar-refractivity contribution in [3.8, 4) is 0 Å². The number of carboxylic acid groups (broad SMARTS) is 1. The number of hydrogen-bond donors (Lipinski definition) is 1. The highest BCUT2D eigenvalue weighted by Crippen LogP contribution is 2.71. The maximum absolute atomic E-state index is 11.1. The second kappa shape index (κ2) is 3.91. The van der Waals surface area contributed by atoms with E-state index in [0.717, 1.165) is 0 Å². The second-order valence-electron chi connectivity index (χ2n) is 4.16. The maximum Gasteiger partial charge on any atom is 0.325 e. The van der Waals surface area contributed by atoms with Crippen LogP contribution in [0.1, 0.15) is 13.8 Å². The van der Waals surface area contributed by atoms with Crippen molar-refractivity contribution in [1.82, 2.24) is 0 Å².